The van der Waals surface area contributed by atoms with Gasteiger partial charge in [-0.25, -0.2) is 0 Å². The van der Waals surface area contributed by atoms with Gasteiger partial charge in [0.1, 0.15) is 5.75 Å². The van der Waals surface area contributed by atoms with Crippen LogP contribution in [-0.4, -0.2) is 28.6 Å². The number of aromatic hydroxyl groups is 1. The van der Waals surface area contributed by atoms with E-state index in [-0.39, 0.29) is 22.9 Å². The van der Waals surface area contributed by atoms with Crippen LogP contribution in [0.2, 0.25) is 5.02 Å². The fourth-order valence-corrected chi connectivity index (χ4v) is 1.81. The Hall–Kier alpha value is -1.75. The highest BCUT2D eigenvalue weighted by Crippen LogP contribution is 2.23. The SMILES string of the molecule is CCCC(CNC(=O)c1ccc(O)c(Cl)c1)C(=O)O. The van der Waals surface area contributed by atoms with Gasteiger partial charge in [-0.2, -0.15) is 0 Å². The summed E-state index contributed by atoms with van der Waals surface area (Å²) < 4.78 is 0. The van der Waals surface area contributed by atoms with Crippen molar-refractivity contribution in [3.63, 3.8) is 0 Å². The number of carboxylic acids is 1. The normalized spacial score (nSPS) is 11.9. The van der Waals surface area contributed by atoms with E-state index >= 15 is 0 Å². The number of phenolic OH excluding ortho intramolecular Hbond substituents is 1. The summed E-state index contributed by atoms with van der Waals surface area (Å²) in [6.07, 6.45) is 1.24. The van der Waals surface area contributed by atoms with Crippen molar-refractivity contribution in [3.8, 4) is 5.75 Å². The third-order valence-corrected chi connectivity index (χ3v) is 3.01. The molecule has 3 N–H and O–H groups in total. The van der Waals surface area contributed by atoms with Crippen molar-refractivity contribution in [1.82, 2.24) is 5.32 Å². The molecular weight excluding hydrogens is 270 g/mol. The number of rotatable bonds is 6. The molecule has 0 heterocycles. The molecule has 0 saturated carbocycles. The van der Waals surface area contributed by atoms with Crippen LogP contribution in [-0.2, 0) is 4.79 Å². The van der Waals surface area contributed by atoms with Crippen LogP contribution in [0.25, 0.3) is 0 Å². The molecule has 6 heteroatoms. The van der Waals surface area contributed by atoms with Crippen molar-refractivity contribution in [2.24, 2.45) is 5.92 Å². The zero-order valence-corrected chi connectivity index (χ0v) is 11.3. The van der Waals surface area contributed by atoms with Crippen LogP contribution in [0, 0.1) is 5.92 Å². The first-order valence-corrected chi connectivity index (χ1v) is 6.33. The molecule has 1 aromatic carbocycles. The van der Waals surface area contributed by atoms with Crippen LogP contribution >= 0.6 is 11.6 Å². The van der Waals surface area contributed by atoms with Crippen molar-refractivity contribution >= 4 is 23.5 Å². The Morgan fingerprint density at radius 1 is 1.42 bits per heavy atom. The predicted octanol–water partition coefficient (Wildman–Crippen LogP) is 2.28. The lowest BCUT2D eigenvalue weighted by atomic mass is 10.0. The van der Waals surface area contributed by atoms with Crippen molar-refractivity contribution in [3.05, 3.63) is 28.8 Å². The number of hydrogen-bond acceptors (Lipinski definition) is 3. The summed E-state index contributed by atoms with van der Waals surface area (Å²) in [6.45, 7) is 1.96. The van der Waals surface area contributed by atoms with Crippen LogP contribution in [0.15, 0.2) is 18.2 Å². The Bertz CT molecular complexity index is 476. The molecule has 0 aromatic heterocycles. The Balaban J connectivity index is 2.63. The second kappa shape index (κ2) is 6.99. The topological polar surface area (TPSA) is 86.6 Å². The molecule has 0 aliphatic heterocycles. The lowest BCUT2D eigenvalue weighted by Gasteiger charge is -2.12. The molecule has 0 aliphatic carbocycles. The predicted molar refractivity (Wildman–Crippen MR) is 71.5 cm³/mol. The highest BCUT2D eigenvalue weighted by Gasteiger charge is 2.17. The van der Waals surface area contributed by atoms with Gasteiger partial charge in [-0.3, -0.25) is 9.59 Å². The summed E-state index contributed by atoms with van der Waals surface area (Å²) in [7, 11) is 0. The van der Waals surface area contributed by atoms with Crippen LogP contribution in [0.1, 0.15) is 30.1 Å². The molecule has 1 amide bonds. The molecule has 1 unspecified atom stereocenters. The van der Waals surface area contributed by atoms with E-state index in [0.29, 0.717) is 6.42 Å². The number of halogens is 1. The third-order valence-electron chi connectivity index (χ3n) is 2.71. The van der Waals surface area contributed by atoms with Gasteiger partial charge >= 0.3 is 5.97 Å². The van der Waals surface area contributed by atoms with Crippen LogP contribution in [0.3, 0.4) is 0 Å². The maximum Gasteiger partial charge on any atom is 0.308 e. The number of amides is 1. The van der Waals surface area contributed by atoms with Crippen LogP contribution < -0.4 is 5.32 Å². The van der Waals surface area contributed by atoms with Crippen LogP contribution in [0.5, 0.6) is 5.75 Å². The zero-order chi connectivity index (χ0) is 14.4. The zero-order valence-electron chi connectivity index (χ0n) is 10.5. The molecule has 19 heavy (non-hydrogen) atoms. The molecule has 1 atom stereocenters. The van der Waals surface area contributed by atoms with Crippen molar-refractivity contribution in [2.75, 3.05) is 6.54 Å². The Morgan fingerprint density at radius 3 is 2.63 bits per heavy atom. The molecule has 0 aliphatic rings. The molecule has 104 valence electrons. The van der Waals surface area contributed by atoms with Gasteiger partial charge in [-0.1, -0.05) is 24.9 Å². The molecule has 0 fully saturated rings. The number of benzene rings is 1. The van der Waals surface area contributed by atoms with Gasteiger partial charge in [0.15, 0.2) is 0 Å². The van der Waals surface area contributed by atoms with Gasteiger partial charge in [-0.05, 0) is 24.6 Å². The van der Waals surface area contributed by atoms with E-state index in [4.69, 9.17) is 16.7 Å². The maximum absolute atomic E-state index is 11.8. The average Bonchev–Trinajstić information content (AvgIpc) is 2.37. The number of carbonyl (C=O) groups is 2. The Kier molecular flexibility index (Phi) is 5.63. The number of phenols is 1. The summed E-state index contributed by atoms with van der Waals surface area (Å²) in [6, 6.07) is 4.08. The minimum Gasteiger partial charge on any atom is -0.506 e. The summed E-state index contributed by atoms with van der Waals surface area (Å²) in [5.74, 6) is -2.04. The first kappa shape index (κ1) is 15.3. The average molecular weight is 286 g/mol. The highest BCUT2D eigenvalue weighted by atomic mass is 35.5. The lowest BCUT2D eigenvalue weighted by molar-refractivity contribution is -0.141. The van der Waals surface area contributed by atoms with E-state index in [1.165, 1.54) is 18.2 Å². The quantitative estimate of drug-likeness (QED) is 0.748. The minimum atomic E-state index is -0.925. The van der Waals surface area contributed by atoms with Crippen molar-refractivity contribution in [2.45, 2.75) is 19.8 Å². The first-order valence-electron chi connectivity index (χ1n) is 5.95. The van der Waals surface area contributed by atoms with E-state index < -0.39 is 17.8 Å². The largest absolute Gasteiger partial charge is 0.506 e. The van der Waals surface area contributed by atoms with Gasteiger partial charge in [0.05, 0.1) is 10.9 Å². The van der Waals surface area contributed by atoms with Crippen LogP contribution in [0.4, 0.5) is 0 Å². The molecule has 0 saturated heterocycles. The van der Waals surface area contributed by atoms with Crippen molar-refractivity contribution in [1.29, 1.82) is 0 Å². The second-order valence-corrected chi connectivity index (χ2v) is 4.61. The smallest absolute Gasteiger partial charge is 0.308 e. The van der Waals surface area contributed by atoms with Gasteiger partial charge < -0.3 is 15.5 Å². The fourth-order valence-electron chi connectivity index (χ4n) is 1.63. The summed E-state index contributed by atoms with van der Waals surface area (Å²) in [5.41, 5.74) is 0.281. The van der Waals surface area contributed by atoms with E-state index in [1.54, 1.807) is 0 Å². The minimum absolute atomic E-state index is 0.0699. The molecule has 5 nitrogen and oxygen atoms in total. The number of hydrogen-bond donors (Lipinski definition) is 3. The van der Waals surface area contributed by atoms with E-state index in [0.717, 1.165) is 6.42 Å². The highest BCUT2D eigenvalue weighted by molar-refractivity contribution is 6.32. The maximum atomic E-state index is 11.8. The number of carbonyl (C=O) groups excluding carboxylic acids is 1. The summed E-state index contributed by atoms with van der Waals surface area (Å²) in [4.78, 5) is 22.7. The Labute approximate surface area is 116 Å². The van der Waals surface area contributed by atoms with Gasteiger partial charge in [0.2, 0.25) is 0 Å². The third kappa shape index (κ3) is 4.44. The summed E-state index contributed by atoms with van der Waals surface area (Å²) in [5, 5.41) is 20.8. The van der Waals surface area contributed by atoms with Gasteiger partial charge in [0, 0.05) is 12.1 Å². The van der Waals surface area contributed by atoms with Gasteiger partial charge in [0.25, 0.3) is 5.91 Å². The molecule has 0 bridgehead atoms. The first-order chi connectivity index (χ1) is 8.95. The molecule has 0 radical (unpaired) electrons. The van der Waals surface area contributed by atoms with E-state index in [1.807, 2.05) is 6.92 Å². The number of nitrogens with one attached hydrogen (secondary N) is 1. The fraction of sp³-hybridized carbons (Fsp3) is 0.385. The molecule has 1 rings (SSSR count). The Morgan fingerprint density at radius 2 is 2.11 bits per heavy atom. The molecule has 0 spiro atoms. The number of aliphatic carboxylic acids is 1. The van der Waals surface area contributed by atoms with Gasteiger partial charge in [-0.15, -0.1) is 0 Å². The standard InChI is InChI=1S/C13H16ClNO4/c1-2-3-9(13(18)19)7-15-12(17)8-4-5-11(16)10(14)6-8/h4-6,9,16H,2-3,7H2,1H3,(H,15,17)(H,18,19). The van der Waals surface area contributed by atoms with E-state index in [9.17, 15) is 14.7 Å². The monoisotopic (exact) mass is 285 g/mol. The lowest BCUT2D eigenvalue weighted by Crippen LogP contribution is -2.32. The second-order valence-electron chi connectivity index (χ2n) is 4.20. The molecular formula is C13H16ClNO4. The molecule has 1 aromatic rings. The number of carboxylic acid groups (broad SMARTS) is 1. The summed E-state index contributed by atoms with van der Waals surface area (Å²) >= 11 is 5.70. The van der Waals surface area contributed by atoms with Crippen molar-refractivity contribution < 1.29 is 19.8 Å². The van der Waals surface area contributed by atoms with E-state index in [2.05, 4.69) is 5.32 Å².